The summed E-state index contributed by atoms with van der Waals surface area (Å²) in [4.78, 5) is 4.97. The number of benzene rings is 2. The number of aromatic nitrogens is 1. The van der Waals surface area contributed by atoms with Crippen LogP contribution in [-0.4, -0.2) is 17.5 Å². The predicted octanol–water partition coefficient (Wildman–Crippen LogP) is 9.47. The van der Waals surface area contributed by atoms with Gasteiger partial charge in [0.1, 0.15) is 5.82 Å². The van der Waals surface area contributed by atoms with Gasteiger partial charge < -0.3 is 10.6 Å². The first-order chi connectivity index (χ1) is 19.4. The summed E-state index contributed by atoms with van der Waals surface area (Å²) in [5.74, 6) is -1.91. The van der Waals surface area contributed by atoms with Crippen LogP contribution < -0.4 is 10.6 Å². The fourth-order valence-electron chi connectivity index (χ4n) is 5.36. The third-order valence-electron chi connectivity index (χ3n) is 8.58. The van der Waals surface area contributed by atoms with E-state index >= 15 is 0 Å². The number of nitrogens with zero attached hydrogens (tertiary/aromatic N) is 1. The van der Waals surface area contributed by atoms with Crippen LogP contribution in [0.5, 0.6) is 0 Å². The zero-order chi connectivity index (χ0) is 30.0. The van der Waals surface area contributed by atoms with Crippen molar-refractivity contribution in [1.82, 2.24) is 10.3 Å². The van der Waals surface area contributed by atoms with Gasteiger partial charge in [-0.3, -0.25) is 0 Å². The first kappa shape index (κ1) is 30.5. The number of halogens is 2. The molecule has 5 heteroatoms. The molecule has 1 heterocycles. The van der Waals surface area contributed by atoms with Crippen molar-refractivity contribution in [2.45, 2.75) is 85.0 Å². The molecule has 0 unspecified atom stereocenters. The summed E-state index contributed by atoms with van der Waals surface area (Å²) in [6.45, 7) is 22.3. The van der Waals surface area contributed by atoms with E-state index in [1.165, 1.54) is 0 Å². The van der Waals surface area contributed by atoms with Crippen molar-refractivity contribution in [2.24, 2.45) is 5.41 Å². The van der Waals surface area contributed by atoms with E-state index in [1.807, 2.05) is 44.2 Å². The van der Waals surface area contributed by atoms with Crippen molar-refractivity contribution in [3.05, 3.63) is 101 Å². The number of anilines is 1. The number of pyridine rings is 1. The Bertz CT molecular complexity index is 1430. The van der Waals surface area contributed by atoms with Crippen LogP contribution in [0.2, 0.25) is 0 Å². The zero-order valence-electron chi connectivity index (χ0n) is 25.6. The second kappa shape index (κ2) is 11.8. The Balaban J connectivity index is 0.00000189. The standard InChI is InChI=1S/C34H39F2N3.C2H6/c1-7-32(5,6)21-37-23(3)25-9-8-10-26(17-25)31-22(2)11-14-30(39-31)38-24(4)33(15-16-33)29-13-12-27-19-34(35,36)20-28(27)18-29;1-2/h8-14,17-18,37H,3-4,7,15-16,19-21H2,1-2,5-6H3,(H,38,39);1-2H3. The largest absolute Gasteiger partial charge is 0.385 e. The molecule has 1 fully saturated rings. The fourth-order valence-corrected chi connectivity index (χ4v) is 5.36. The first-order valence-electron chi connectivity index (χ1n) is 14.9. The molecular weight excluding hydrogens is 512 g/mol. The molecule has 0 radical (unpaired) electrons. The molecule has 2 aliphatic carbocycles. The number of hydrogen-bond acceptors (Lipinski definition) is 3. The molecule has 2 N–H and O–H groups in total. The van der Waals surface area contributed by atoms with Gasteiger partial charge in [-0.05, 0) is 71.6 Å². The minimum absolute atomic E-state index is 0.161. The third kappa shape index (κ3) is 6.72. The first-order valence-corrected chi connectivity index (χ1v) is 14.9. The second-order valence-electron chi connectivity index (χ2n) is 12.2. The van der Waals surface area contributed by atoms with Crippen molar-refractivity contribution in [3.8, 4) is 11.3 Å². The number of fused-ring (bicyclic) bond motifs is 1. The average Bonchev–Trinajstić information content (AvgIpc) is 3.71. The average molecular weight is 558 g/mol. The van der Waals surface area contributed by atoms with Gasteiger partial charge in [-0.25, -0.2) is 13.8 Å². The molecule has 0 aliphatic heterocycles. The smallest absolute Gasteiger partial charge is 0.256 e. The lowest BCUT2D eigenvalue weighted by Gasteiger charge is -2.24. The molecule has 0 bridgehead atoms. The molecule has 3 nitrogen and oxygen atoms in total. The van der Waals surface area contributed by atoms with Crippen molar-refractivity contribution < 1.29 is 8.78 Å². The van der Waals surface area contributed by atoms with Gasteiger partial charge in [0, 0.05) is 41.8 Å². The Morgan fingerprint density at radius 1 is 0.976 bits per heavy atom. The van der Waals surface area contributed by atoms with Crippen LogP contribution in [0.4, 0.5) is 14.6 Å². The Morgan fingerprint density at radius 2 is 1.68 bits per heavy atom. The van der Waals surface area contributed by atoms with E-state index in [1.54, 1.807) is 0 Å². The molecular formula is C36H45F2N3. The normalized spacial score (nSPS) is 16.2. The molecule has 5 rings (SSSR count). The summed E-state index contributed by atoms with van der Waals surface area (Å²) in [6.07, 6.45) is 2.64. The summed E-state index contributed by atoms with van der Waals surface area (Å²) in [7, 11) is 0. The van der Waals surface area contributed by atoms with Gasteiger partial charge in [0.15, 0.2) is 0 Å². The maximum atomic E-state index is 14.0. The van der Waals surface area contributed by atoms with Crippen LogP contribution in [0.15, 0.2) is 73.5 Å². The maximum absolute atomic E-state index is 14.0. The molecule has 2 aliphatic rings. The second-order valence-corrected chi connectivity index (χ2v) is 12.2. The quantitative estimate of drug-likeness (QED) is 0.261. The summed E-state index contributed by atoms with van der Waals surface area (Å²) >= 11 is 0. The molecule has 3 aromatic rings. The van der Waals surface area contributed by atoms with Crippen molar-refractivity contribution in [2.75, 3.05) is 11.9 Å². The highest BCUT2D eigenvalue weighted by Gasteiger charge is 2.48. The topological polar surface area (TPSA) is 37.0 Å². The number of allylic oxidation sites excluding steroid dienone is 1. The predicted molar refractivity (Wildman–Crippen MR) is 169 cm³/mol. The van der Waals surface area contributed by atoms with Gasteiger partial charge in [0.25, 0.3) is 5.92 Å². The molecule has 0 saturated heterocycles. The van der Waals surface area contributed by atoms with Gasteiger partial charge in [0.2, 0.25) is 0 Å². The van der Waals surface area contributed by atoms with E-state index in [2.05, 4.69) is 75.8 Å². The minimum Gasteiger partial charge on any atom is -0.385 e. The third-order valence-corrected chi connectivity index (χ3v) is 8.58. The van der Waals surface area contributed by atoms with Crippen molar-refractivity contribution >= 4 is 11.5 Å². The zero-order valence-corrected chi connectivity index (χ0v) is 25.6. The lowest BCUT2D eigenvalue weighted by molar-refractivity contribution is 0.0130. The van der Waals surface area contributed by atoms with E-state index in [0.717, 1.165) is 82.1 Å². The lowest BCUT2D eigenvalue weighted by Crippen LogP contribution is -2.27. The summed E-state index contributed by atoms with van der Waals surface area (Å²) < 4.78 is 27.9. The van der Waals surface area contributed by atoms with Crippen LogP contribution in [0, 0.1) is 12.3 Å². The van der Waals surface area contributed by atoms with Crippen molar-refractivity contribution in [3.63, 3.8) is 0 Å². The van der Waals surface area contributed by atoms with Crippen LogP contribution in [0.3, 0.4) is 0 Å². The highest BCUT2D eigenvalue weighted by molar-refractivity contribution is 5.72. The Morgan fingerprint density at radius 3 is 2.37 bits per heavy atom. The summed E-state index contributed by atoms with van der Waals surface area (Å²) in [6, 6.07) is 18.2. The van der Waals surface area contributed by atoms with Crippen LogP contribution in [0.1, 0.15) is 81.7 Å². The molecule has 1 saturated carbocycles. The van der Waals surface area contributed by atoms with Gasteiger partial charge >= 0.3 is 0 Å². The highest BCUT2D eigenvalue weighted by atomic mass is 19.3. The fraction of sp³-hybridized carbons (Fsp3) is 0.417. The van der Waals surface area contributed by atoms with Gasteiger partial charge in [0.05, 0.1) is 5.69 Å². The van der Waals surface area contributed by atoms with Gasteiger partial charge in [-0.15, -0.1) is 0 Å². The van der Waals surface area contributed by atoms with E-state index in [9.17, 15) is 8.78 Å². The van der Waals surface area contributed by atoms with Gasteiger partial charge in [-0.2, -0.15) is 0 Å². The van der Waals surface area contributed by atoms with Crippen LogP contribution in [-0.2, 0) is 18.3 Å². The molecule has 218 valence electrons. The monoisotopic (exact) mass is 557 g/mol. The number of aryl methyl sites for hydroxylation is 1. The van der Waals surface area contributed by atoms with E-state index in [4.69, 9.17) is 4.98 Å². The van der Waals surface area contributed by atoms with Crippen LogP contribution >= 0.6 is 0 Å². The van der Waals surface area contributed by atoms with E-state index in [-0.39, 0.29) is 23.7 Å². The molecule has 1 aromatic heterocycles. The molecule has 2 aromatic carbocycles. The summed E-state index contributed by atoms with van der Waals surface area (Å²) in [5.41, 5.74) is 8.36. The molecule has 0 amide bonds. The number of alkyl halides is 2. The Labute approximate surface area is 245 Å². The molecule has 41 heavy (non-hydrogen) atoms. The Kier molecular flexibility index (Phi) is 8.77. The van der Waals surface area contributed by atoms with E-state index < -0.39 is 5.92 Å². The van der Waals surface area contributed by atoms with E-state index in [0.29, 0.717) is 0 Å². The maximum Gasteiger partial charge on any atom is 0.256 e. The number of hydrogen-bond donors (Lipinski definition) is 2. The molecule has 0 atom stereocenters. The highest BCUT2D eigenvalue weighted by Crippen LogP contribution is 2.54. The van der Waals surface area contributed by atoms with Crippen molar-refractivity contribution in [1.29, 1.82) is 0 Å². The number of rotatable bonds is 10. The SMILES string of the molecule is C=C(NCC(C)(C)CC)c1cccc(-c2nc(NC(=C)C3(c4ccc5c(c4)CC(F)(F)C5)CC3)ccc2C)c1.CC. The van der Waals surface area contributed by atoms with Crippen LogP contribution in [0.25, 0.3) is 17.0 Å². The number of nitrogens with one attached hydrogen (secondary N) is 2. The van der Waals surface area contributed by atoms with Gasteiger partial charge in [-0.1, -0.05) is 90.2 Å². The minimum atomic E-state index is -2.64. The molecule has 0 spiro atoms. The lowest BCUT2D eigenvalue weighted by atomic mass is 9.90. The Hall–Kier alpha value is -3.47. The summed E-state index contributed by atoms with van der Waals surface area (Å²) in [5, 5.41) is 6.96.